The van der Waals surface area contributed by atoms with Crippen molar-refractivity contribution in [3.05, 3.63) is 57.3 Å². The molecule has 0 aliphatic heterocycles. The zero-order chi connectivity index (χ0) is 16.2. The summed E-state index contributed by atoms with van der Waals surface area (Å²) < 4.78 is 0. The number of carboxylic acids is 1. The van der Waals surface area contributed by atoms with Gasteiger partial charge < -0.3 is 10.4 Å². The van der Waals surface area contributed by atoms with Crippen LogP contribution in [0, 0.1) is 0 Å². The molecule has 0 saturated carbocycles. The summed E-state index contributed by atoms with van der Waals surface area (Å²) >= 11 is 1.50. The van der Waals surface area contributed by atoms with Gasteiger partial charge in [-0.25, -0.2) is 4.79 Å². The number of hydrogen-bond acceptors (Lipinski definition) is 3. The van der Waals surface area contributed by atoms with Gasteiger partial charge in [-0.3, -0.25) is 4.79 Å². The van der Waals surface area contributed by atoms with Gasteiger partial charge in [0.25, 0.3) is 5.91 Å². The summed E-state index contributed by atoms with van der Waals surface area (Å²) in [5.41, 5.74) is 2.15. The molecule has 1 heterocycles. The van der Waals surface area contributed by atoms with E-state index in [0.717, 1.165) is 24.8 Å². The van der Waals surface area contributed by atoms with E-state index < -0.39 is 12.0 Å². The van der Waals surface area contributed by atoms with Crippen LogP contribution in [0.5, 0.6) is 0 Å². The molecule has 0 unspecified atom stereocenters. The van der Waals surface area contributed by atoms with E-state index >= 15 is 0 Å². The van der Waals surface area contributed by atoms with E-state index in [4.69, 9.17) is 0 Å². The Balaban J connectivity index is 1.71. The number of fused-ring (bicyclic) bond motifs is 1. The van der Waals surface area contributed by atoms with E-state index in [1.807, 2.05) is 36.4 Å². The van der Waals surface area contributed by atoms with Gasteiger partial charge in [0.05, 0.1) is 4.88 Å². The van der Waals surface area contributed by atoms with Crippen LogP contribution in [0.3, 0.4) is 0 Å². The molecular formula is C18H19NO3S. The first-order valence-corrected chi connectivity index (χ1v) is 8.64. The van der Waals surface area contributed by atoms with Crippen molar-refractivity contribution < 1.29 is 14.7 Å². The zero-order valence-electron chi connectivity index (χ0n) is 12.7. The van der Waals surface area contributed by atoms with Gasteiger partial charge in [-0.05, 0) is 42.9 Å². The molecule has 1 amide bonds. The molecule has 1 aromatic carbocycles. The van der Waals surface area contributed by atoms with Crippen LogP contribution in [0.1, 0.15) is 38.5 Å². The number of carboxylic acid groups (broad SMARTS) is 1. The fraction of sp³-hybridized carbons (Fsp3) is 0.333. The number of benzene rings is 1. The minimum atomic E-state index is -1.01. The van der Waals surface area contributed by atoms with Crippen molar-refractivity contribution >= 4 is 23.2 Å². The minimum Gasteiger partial charge on any atom is -0.480 e. The van der Waals surface area contributed by atoms with Crippen molar-refractivity contribution in [2.45, 2.75) is 38.1 Å². The molecule has 3 rings (SSSR count). The SMILES string of the molecule is O=C(N[C@@H](Cc1ccccc1)C(=O)O)c1cc2c(s1)CCCC2. The average Bonchev–Trinajstić information content (AvgIpc) is 2.99. The lowest BCUT2D eigenvalue weighted by Gasteiger charge is -2.14. The van der Waals surface area contributed by atoms with Gasteiger partial charge in [0.15, 0.2) is 0 Å². The molecule has 23 heavy (non-hydrogen) atoms. The third-order valence-corrected chi connectivity index (χ3v) is 5.34. The summed E-state index contributed by atoms with van der Waals surface area (Å²) in [6.07, 6.45) is 4.66. The first-order valence-electron chi connectivity index (χ1n) is 7.82. The third kappa shape index (κ3) is 3.79. The van der Waals surface area contributed by atoms with Crippen molar-refractivity contribution in [2.24, 2.45) is 0 Å². The maximum absolute atomic E-state index is 12.4. The number of carbonyl (C=O) groups excluding carboxylic acids is 1. The number of thiophene rings is 1. The number of hydrogen-bond donors (Lipinski definition) is 2. The van der Waals surface area contributed by atoms with Crippen LogP contribution in [0.15, 0.2) is 36.4 Å². The zero-order valence-corrected chi connectivity index (χ0v) is 13.6. The molecular weight excluding hydrogens is 310 g/mol. The molecule has 0 bridgehead atoms. The van der Waals surface area contributed by atoms with Gasteiger partial charge in [0.1, 0.15) is 6.04 Å². The van der Waals surface area contributed by atoms with Gasteiger partial charge in [-0.2, -0.15) is 0 Å². The third-order valence-electron chi connectivity index (χ3n) is 4.11. The Labute approximate surface area is 139 Å². The summed E-state index contributed by atoms with van der Waals surface area (Å²) in [6, 6.07) is 10.4. The summed E-state index contributed by atoms with van der Waals surface area (Å²) in [5.74, 6) is -1.30. The van der Waals surface area contributed by atoms with Crippen molar-refractivity contribution in [2.75, 3.05) is 0 Å². The highest BCUT2D eigenvalue weighted by molar-refractivity contribution is 7.14. The number of carbonyl (C=O) groups is 2. The quantitative estimate of drug-likeness (QED) is 0.886. The topological polar surface area (TPSA) is 66.4 Å². The molecule has 4 nitrogen and oxygen atoms in total. The highest BCUT2D eigenvalue weighted by Gasteiger charge is 2.23. The van der Waals surface area contributed by atoms with E-state index in [-0.39, 0.29) is 12.3 Å². The van der Waals surface area contributed by atoms with Gasteiger partial charge in [-0.15, -0.1) is 11.3 Å². The summed E-state index contributed by atoms with van der Waals surface area (Å²) in [5, 5.41) is 12.0. The molecule has 0 radical (unpaired) electrons. The molecule has 1 aliphatic carbocycles. The second-order valence-electron chi connectivity index (χ2n) is 5.82. The highest BCUT2D eigenvalue weighted by atomic mass is 32.1. The monoisotopic (exact) mass is 329 g/mol. The molecule has 1 atom stereocenters. The molecule has 2 aromatic rings. The van der Waals surface area contributed by atoms with Crippen LogP contribution in [-0.4, -0.2) is 23.0 Å². The van der Waals surface area contributed by atoms with Gasteiger partial charge in [0.2, 0.25) is 0 Å². The molecule has 120 valence electrons. The Morgan fingerprint density at radius 3 is 2.61 bits per heavy atom. The number of aliphatic carboxylic acids is 1. The van der Waals surface area contributed by atoms with Crippen LogP contribution in [0.2, 0.25) is 0 Å². The van der Waals surface area contributed by atoms with E-state index in [2.05, 4.69) is 5.32 Å². The highest BCUT2D eigenvalue weighted by Crippen LogP contribution is 2.29. The van der Waals surface area contributed by atoms with E-state index in [0.29, 0.717) is 4.88 Å². The number of rotatable bonds is 5. The number of amides is 1. The predicted molar refractivity (Wildman–Crippen MR) is 90.0 cm³/mol. The first kappa shape index (κ1) is 15.7. The van der Waals surface area contributed by atoms with E-state index in [1.54, 1.807) is 0 Å². The predicted octanol–water partition coefficient (Wildman–Crippen LogP) is 3.05. The number of aryl methyl sites for hydroxylation is 2. The van der Waals surface area contributed by atoms with Crippen LogP contribution in [-0.2, 0) is 24.1 Å². The molecule has 0 fully saturated rings. The summed E-state index contributed by atoms with van der Waals surface area (Å²) in [7, 11) is 0. The van der Waals surface area contributed by atoms with Crippen molar-refractivity contribution in [3.63, 3.8) is 0 Å². The Morgan fingerprint density at radius 1 is 1.17 bits per heavy atom. The van der Waals surface area contributed by atoms with Crippen molar-refractivity contribution in [1.29, 1.82) is 0 Å². The van der Waals surface area contributed by atoms with Gasteiger partial charge >= 0.3 is 5.97 Å². The van der Waals surface area contributed by atoms with Gasteiger partial charge in [-0.1, -0.05) is 30.3 Å². The van der Waals surface area contributed by atoms with Crippen LogP contribution < -0.4 is 5.32 Å². The Hall–Kier alpha value is -2.14. The maximum atomic E-state index is 12.4. The molecule has 1 aliphatic rings. The standard InChI is InChI=1S/C18H19NO3S/c20-17(16-11-13-8-4-5-9-15(13)23-16)19-14(18(21)22)10-12-6-2-1-3-7-12/h1-3,6-7,11,14H,4-5,8-10H2,(H,19,20)(H,21,22)/t14-/m0/s1. The van der Waals surface area contributed by atoms with Crippen LogP contribution >= 0.6 is 11.3 Å². The first-order chi connectivity index (χ1) is 11.1. The van der Waals surface area contributed by atoms with Crippen molar-refractivity contribution in [1.82, 2.24) is 5.32 Å². The lowest BCUT2D eigenvalue weighted by molar-refractivity contribution is -0.139. The fourth-order valence-electron chi connectivity index (χ4n) is 2.88. The molecule has 1 aromatic heterocycles. The maximum Gasteiger partial charge on any atom is 0.326 e. The molecule has 0 spiro atoms. The fourth-order valence-corrected chi connectivity index (χ4v) is 4.04. The lowest BCUT2D eigenvalue weighted by atomic mass is 9.99. The molecule has 5 heteroatoms. The number of nitrogens with one attached hydrogen (secondary N) is 1. The van der Waals surface area contributed by atoms with Crippen LogP contribution in [0.25, 0.3) is 0 Å². The van der Waals surface area contributed by atoms with Crippen molar-refractivity contribution in [3.8, 4) is 0 Å². The summed E-state index contributed by atoms with van der Waals surface area (Å²) in [4.78, 5) is 25.8. The average molecular weight is 329 g/mol. The van der Waals surface area contributed by atoms with E-state index in [1.165, 1.54) is 28.2 Å². The molecule has 0 saturated heterocycles. The Morgan fingerprint density at radius 2 is 1.91 bits per heavy atom. The minimum absolute atomic E-state index is 0.285. The van der Waals surface area contributed by atoms with Gasteiger partial charge in [0, 0.05) is 11.3 Å². The molecule has 2 N–H and O–H groups in total. The smallest absolute Gasteiger partial charge is 0.326 e. The summed E-state index contributed by atoms with van der Waals surface area (Å²) in [6.45, 7) is 0. The second-order valence-corrected chi connectivity index (χ2v) is 6.96. The second kappa shape index (κ2) is 6.96. The normalized spacial score (nSPS) is 14.8. The lowest BCUT2D eigenvalue weighted by Crippen LogP contribution is -2.42. The van der Waals surface area contributed by atoms with E-state index in [9.17, 15) is 14.7 Å². The Bertz CT molecular complexity index is 685. The van der Waals surface area contributed by atoms with Crippen LogP contribution in [0.4, 0.5) is 0 Å². The largest absolute Gasteiger partial charge is 0.480 e. The Kier molecular flexibility index (Phi) is 4.76.